The van der Waals surface area contributed by atoms with Gasteiger partial charge in [0.05, 0.1) is 6.10 Å². The molecule has 0 aromatic heterocycles. The van der Waals surface area contributed by atoms with Crippen LogP contribution in [0, 0.1) is 0 Å². The Morgan fingerprint density at radius 2 is 2.40 bits per heavy atom. The summed E-state index contributed by atoms with van der Waals surface area (Å²) in [6.07, 6.45) is 1.13. The van der Waals surface area contributed by atoms with Gasteiger partial charge in [0.25, 0.3) is 0 Å². The fourth-order valence-corrected chi connectivity index (χ4v) is 1.40. The van der Waals surface area contributed by atoms with Crippen molar-refractivity contribution in [2.24, 2.45) is 0 Å². The first-order chi connectivity index (χ1) is 6.99. The van der Waals surface area contributed by atoms with Gasteiger partial charge in [-0.3, -0.25) is 4.79 Å². The topological polar surface area (TPSA) is 72.8 Å². The lowest BCUT2D eigenvalue weighted by Crippen LogP contribution is -2.30. The molecule has 1 N–H and O–H groups in total. The Morgan fingerprint density at radius 3 is 2.87 bits per heavy atom. The molecule has 0 fully saturated rings. The summed E-state index contributed by atoms with van der Waals surface area (Å²) >= 11 is 0. The van der Waals surface area contributed by atoms with Gasteiger partial charge in [0.1, 0.15) is 12.2 Å². The van der Waals surface area contributed by atoms with E-state index in [-0.39, 0.29) is 6.42 Å². The molecule has 1 aliphatic heterocycles. The average Bonchev–Trinajstić information content (AvgIpc) is 2.49. The number of carbonyl (C=O) groups excluding carboxylic acids is 2. The van der Waals surface area contributed by atoms with E-state index in [1.54, 1.807) is 6.92 Å². The van der Waals surface area contributed by atoms with Crippen LogP contribution in [-0.2, 0) is 19.1 Å². The minimum Gasteiger partial charge on any atom is -0.463 e. The van der Waals surface area contributed by atoms with Crippen LogP contribution in [0.4, 0.5) is 0 Å². The van der Waals surface area contributed by atoms with Gasteiger partial charge in [-0.15, -0.1) is 0 Å². The van der Waals surface area contributed by atoms with Gasteiger partial charge in [-0.1, -0.05) is 0 Å². The van der Waals surface area contributed by atoms with Gasteiger partial charge in [0.15, 0.2) is 0 Å². The van der Waals surface area contributed by atoms with Crippen molar-refractivity contribution in [2.75, 3.05) is 0 Å². The van der Waals surface area contributed by atoms with Crippen LogP contribution in [0.5, 0.6) is 0 Å². The normalized spacial score (nSPS) is 23.4. The highest BCUT2D eigenvalue weighted by Gasteiger charge is 2.26. The van der Waals surface area contributed by atoms with Crippen LogP contribution >= 0.6 is 0 Å². The van der Waals surface area contributed by atoms with E-state index in [1.165, 1.54) is 19.1 Å². The second-order valence-corrected chi connectivity index (χ2v) is 3.48. The standard InChI is InChI=1S/C10H14O5/c1-6(14-7(2)11)5-8(12)9-3-4-10(13)15-9/h3-4,6,8-9,12H,5H2,1-2H3/t6-,8+,9+/m0/s1. The van der Waals surface area contributed by atoms with Crippen molar-refractivity contribution in [1.29, 1.82) is 0 Å². The number of esters is 2. The third-order valence-electron chi connectivity index (χ3n) is 1.99. The molecule has 1 aliphatic rings. The van der Waals surface area contributed by atoms with Crippen molar-refractivity contribution in [1.82, 2.24) is 0 Å². The first-order valence-electron chi connectivity index (χ1n) is 4.73. The average molecular weight is 214 g/mol. The number of cyclic esters (lactones) is 1. The third kappa shape index (κ3) is 3.71. The Morgan fingerprint density at radius 1 is 1.73 bits per heavy atom. The molecule has 1 heterocycles. The largest absolute Gasteiger partial charge is 0.463 e. The fraction of sp³-hybridized carbons (Fsp3) is 0.600. The summed E-state index contributed by atoms with van der Waals surface area (Å²) in [6, 6.07) is 0. The minimum atomic E-state index is -0.845. The first kappa shape index (κ1) is 11.7. The molecular weight excluding hydrogens is 200 g/mol. The predicted molar refractivity (Wildman–Crippen MR) is 50.9 cm³/mol. The van der Waals surface area contributed by atoms with Crippen molar-refractivity contribution in [3.63, 3.8) is 0 Å². The summed E-state index contributed by atoms with van der Waals surface area (Å²) in [7, 11) is 0. The lowest BCUT2D eigenvalue weighted by atomic mass is 10.1. The van der Waals surface area contributed by atoms with Crippen LogP contribution in [0.15, 0.2) is 12.2 Å². The molecule has 0 aliphatic carbocycles. The van der Waals surface area contributed by atoms with Crippen molar-refractivity contribution in [3.8, 4) is 0 Å². The number of hydrogen-bond donors (Lipinski definition) is 1. The van der Waals surface area contributed by atoms with E-state index >= 15 is 0 Å². The van der Waals surface area contributed by atoms with E-state index in [9.17, 15) is 14.7 Å². The zero-order chi connectivity index (χ0) is 11.4. The van der Waals surface area contributed by atoms with E-state index < -0.39 is 30.3 Å². The van der Waals surface area contributed by atoms with Crippen molar-refractivity contribution < 1.29 is 24.2 Å². The summed E-state index contributed by atoms with van der Waals surface area (Å²) in [5, 5.41) is 9.63. The van der Waals surface area contributed by atoms with Crippen LogP contribution in [0.25, 0.3) is 0 Å². The zero-order valence-electron chi connectivity index (χ0n) is 8.67. The molecule has 84 valence electrons. The Labute approximate surface area is 87.7 Å². The highest BCUT2D eigenvalue weighted by atomic mass is 16.6. The smallest absolute Gasteiger partial charge is 0.331 e. The molecule has 3 atom stereocenters. The Kier molecular flexibility index (Phi) is 3.85. The van der Waals surface area contributed by atoms with E-state index in [0.717, 1.165) is 0 Å². The van der Waals surface area contributed by atoms with Crippen LogP contribution in [-0.4, -0.2) is 35.4 Å². The molecule has 0 unspecified atom stereocenters. The first-order valence-corrected chi connectivity index (χ1v) is 4.73. The van der Waals surface area contributed by atoms with E-state index in [1.807, 2.05) is 0 Å². The number of aliphatic hydroxyl groups excluding tert-OH is 1. The Balaban J connectivity index is 2.35. The van der Waals surface area contributed by atoms with Crippen LogP contribution in [0.3, 0.4) is 0 Å². The molecule has 1 rings (SSSR count). The minimum absolute atomic E-state index is 0.238. The van der Waals surface area contributed by atoms with Gasteiger partial charge in [-0.05, 0) is 13.0 Å². The second-order valence-electron chi connectivity index (χ2n) is 3.48. The molecule has 0 saturated carbocycles. The summed E-state index contributed by atoms with van der Waals surface area (Å²) < 4.78 is 9.63. The maximum atomic E-state index is 10.7. The number of hydrogen-bond acceptors (Lipinski definition) is 5. The summed E-state index contributed by atoms with van der Waals surface area (Å²) in [5.74, 6) is -0.854. The number of carbonyl (C=O) groups is 2. The van der Waals surface area contributed by atoms with Gasteiger partial charge < -0.3 is 14.6 Å². The molecule has 5 nitrogen and oxygen atoms in total. The van der Waals surface area contributed by atoms with Gasteiger partial charge >= 0.3 is 11.9 Å². The lowest BCUT2D eigenvalue weighted by Gasteiger charge is -2.19. The highest BCUT2D eigenvalue weighted by Crippen LogP contribution is 2.14. The van der Waals surface area contributed by atoms with Crippen molar-refractivity contribution in [2.45, 2.75) is 38.6 Å². The van der Waals surface area contributed by atoms with E-state index in [2.05, 4.69) is 0 Å². The molecule has 0 aromatic rings. The van der Waals surface area contributed by atoms with E-state index in [4.69, 9.17) is 9.47 Å². The molecule has 5 heteroatoms. The van der Waals surface area contributed by atoms with E-state index in [0.29, 0.717) is 0 Å². The van der Waals surface area contributed by atoms with Gasteiger partial charge in [-0.2, -0.15) is 0 Å². The fourth-order valence-electron chi connectivity index (χ4n) is 1.40. The maximum Gasteiger partial charge on any atom is 0.331 e. The quantitative estimate of drug-likeness (QED) is 0.675. The molecular formula is C10H14O5. The third-order valence-corrected chi connectivity index (χ3v) is 1.99. The van der Waals surface area contributed by atoms with Gasteiger partial charge in [0, 0.05) is 19.4 Å². The highest BCUT2D eigenvalue weighted by molar-refractivity contribution is 5.84. The Bertz CT molecular complexity index is 284. The summed E-state index contributed by atoms with van der Waals surface area (Å²) in [4.78, 5) is 21.3. The Hall–Kier alpha value is -1.36. The monoisotopic (exact) mass is 214 g/mol. The summed E-state index contributed by atoms with van der Waals surface area (Å²) in [6.45, 7) is 2.98. The number of ether oxygens (including phenoxy) is 2. The number of rotatable bonds is 4. The molecule has 0 saturated heterocycles. The molecule has 15 heavy (non-hydrogen) atoms. The SMILES string of the molecule is CC(=O)O[C@@H](C)C[C@@H](O)[C@H]1C=CC(=O)O1. The van der Waals surface area contributed by atoms with Crippen molar-refractivity contribution >= 4 is 11.9 Å². The second kappa shape index (κ2) is 4.93. The zero-order valence-corrected chi connectivity index (χ0v) is 8.67. The van der Waals surface area contributed by atoms with Crippen LogP contribution in [0.1, 0.15) is 20.3 Å². The predicted octanol–water partition coefficient (Wildman–Crippen LogP) is 0.171. The molecule has 0 bridgehead atoms. The number of aliphatic hydroxyl groups is 1. The van der Waals surface area contributed by atoms with Gasteiger partial charge in [-0.25, -0.2) is 4.79 Å². The molecule has 0 amide bonds. The van der Waals surface area contributed by atoms with Gasteiger partial charge in [0.2, 0.25) is 0 Å². The molecule has 0 spiro atoms. The lowest BCUT2D eigenvalue weighted by molar-refractivity contribution is -0.150. The summed E-state index contributed by atoms with van der Waals surface area (Å²) in [5.41, 5.74) is 0. The maximum absolute atomic E-state index is 10.7. The van der Waals surface area contributed by atoms with Crippen LogP contribution in [0.2, 0.25) is 0 Å². The molecule has 0 aromatic carbocycles. The molecule has 0 radical (unpaired) electrons. The van der Waals surface area contributed by atoms with Crippen LogP contribution < -0.4 is 0 Å². The van der Waals surface area contributed by atoms with Crippen molar-refractivity contribution in [3.05, 3.63) is 12.2 Å².